The minimum atomic E-state index is -0.486. The van der Waals surface area contributed by atoms with Gasteiger partial charge in [0, 0.05) is 11.5 Å². The minimum Gasteiger partial charge on any atom is -0.477 e. The van der Waals surface area contributed by atoms with Gasteiger partial charge in [0.05, 0.1) is 17.6 Å². The second kappa shape index (κ2) is 3.29. The quantitative estimate of drug-likeness (QED) is 0.513. The van der Waals surface area contributed by atoms with Crippen LogP contribution in [0.1, 0.15) is 6.92 Å². The van der Waals surface area contributed by atoms with E-state index in [1.165, 1.54) is 6.07 Å². The van der Waals surface area contributed by atoms with Gasteiger partial charge in [0.2, 0.25) is 5.88 Å². The Hall–Kier alpha value is -1.17. The molecule has 0 saturated heterocycles. The van der Waals surface area contributed by atoms with Gasteiger partial charge in [-0.25, -0.2) is 0 Å². The molecule has 60 valence electrons. The molecule has 0 aliphatic heterocycles. The Labute approximate surface area is 66.9 Å². The Balaban J connectivity index is 2.73. The molecule has 1 heterocycles. The Kier molecular flexibility index (Phi) is 2.37. The van der Waals surface area contributed by atoms with Crippen LogP contribution in [0.4, 0.5) is 5.00 Å². The maximum atomic E-state index is 10.1. The topological polar surface area (TPSA) is 65.3 Å². The Morgan fingerprint density at radius 3 is 3.09 bits per heavy atom. The van der Waals surface area contributed by atoms with Crippen LogP contribution >= 0.6 is 11.5 Å². The molecule has 1 aromatic rings. The molecule has 0 N–H and O–H groups in total. The van der Waals surface area contributed by atoms with Crippen LogP contribution in [0.15, 0.2) is 6.07 Å². The van der Waals surface area contributed by atoms with Crippen molar-refractivity contribution in [3.05, 3.63) is 16.2 Å². The summed E-state index contributed by atoms with van der Waals surface area (Å²) >= 11 is 0.824. The minimum absolute atomic E-state index is 0.00782. The van der Waals surface area contributed by atoms with Gasteiger partial charge < -0.3 is 4.74 Å². The first-order chi connectivity index (χ1) is 5.24. The van der Waals surface area contributed by atoms with Gasteiger partial charge in [0.15, 0.2) is 0 Å². The van der Waals surface area contributed by atoms with Gasteiger partial charge in [-0.15, -0.1) is 4.37 Å². The maximum Gasteiger partial charge on any atom is 0.347 e. The van der Waals surface area contributed by atoms with Gasteiger partial charge in [0.25, 0.3) is 0 Å². The van der Waals surface area contributed by atoms with Crippen LogP contribution in [0.5, 0.6) is 5.88 Å². The third kappa shape index (κ3) is 1.87. The summed E-state index contributed by atoms with van der Waals surface area (Å²) in [7, 11) is 0. The highest BCUT2D eigenvalue weighted by Gasteiger charge is 2.11. The second-order valence-corrected chi connectivity index (χ2v) is 2.48. The fourth-order valence-electron chi connectivity index (χ4n) is 0.552. The van der Waals surface area contributed by atoms with Crippen LogP contribution in [0.2, 0.25) is 0 Å². The van der Waals surface area contributed by atoms with Crippen molar-refractivity contribution >= 4 is 16.5 Å². The first kappa shape index (κ1) is 7.93. The van der Waals surface area contributed by atoms with Gasteiger partial charge in [-0.2, -0.15) is 0 Å². The Morgan fingerprint density at radius 1 is 1.91 bits per heavy atom. The predicted molar refractivity (Wildman–Crippen MR) is 39.9 cm³/mol. The molecule has 0 amide bonds. The summed E-state index contributed by atoms with van der Waals surface area (Å²) in [4.78, 5) is 9.65. The molecule has 6 heteroatoms. The smallest absolute Gasteiger partial charge is 0.347 e. The molecular weight excluding hydrogens is 168 g/mol. The van der Waals surface area contributed by atoms with Gasteiger partial charge >= 0.3 is 5.00 Å². The van der Waals surface area contributed by atoms with E-state index >= 15 is 0 Å². The fourth-order valence-corrected chi connectivity index (χ4v) is 1.06. The lowest BCUT2D eigenvalue weighted by molar-refractivity contribution is -0.380. The van der Waals surface area contributed by atoms with Gasteiger partial charge in [-0.05, 0) is 6.92 Å². The van der Waals surface area contributed by atoms with Gasteiger partial charge in [-0.3, -0.25) is 10.1 Å². The molecule has 0 saturated carbocycles. The number of aromatic nitrogens is 1. The van der Waals surface area contributed by atoms with Crippen LogP contribution < -0.4 is 4.74 Å². The molecule has 5 nitrogen and oxygen atoms in total. The first-order valence-electron chi connectivity index (χ1n) is 2.98. The van der Waals surface area contributed by atoms with E-state index in [9.17, 15) is 10.1 Å². The zero-order chi connectivity index (χ0) is 8.27. The summed E-state index contributed by atoms with van der Waals surface area (Å²) in [5.74, 6) is 0.323. The molecular formula is C5H6N2O3S. The zero-order valence-corrected chi connectivity index (χ0v) is 6.63. The van der Waals surface area contributed by atoms with E-state index in [0.717, 1.165) is 11.5 Å². The number of rotatable bonds is 3. The lowest BCUT2D eigenvalue weighted by Crippen LogP contribution is -1.90. The van der Waals surface area contributed by atoms with E-state index in [2.05, 4.69) is 4.37 Å². The number of nitrogens with zero attached hydrogens (tertiary/aromatic N) is 2. The highest BCUT2D eigenvalue weighted by molar-refractivity contribution is 7.09. The largest absolute Gasteiger partial charge is 0.477 e. The molecule has 1 aromatic heterocycles. The van der Waals surface area contributed by atoms with E-state index in [4.69, 9.17) is 4.74 Å². The lowest BCUT2D eigenvalue weighted by Gasteiger charge is -1.91. The van der Waals surface area contributed by atoms with E-state index < -0.39 is 4.92 Å². The molecule has 0 atom stereocenters. The normalized spacial score (nSPS) is 9.55. The average Bonchev–Trinajstić information content (AvgIpc) is 2.37. The summed E-state index contributed by atoms with van der Waals surface area (Å²) < 4.78 is 8.64. The van der Waals surface area contributed by atoms with Crippen molar-refractivity contribution in [1.29, 1.82) is 0 Å². The molecule has 0 fully saturated rings. The van der Waals surface area contributed by atoms with E-state index in [1.807, 2.05) is 0 Å². The average molecular weight is 174 g/mol. The molecule has 11 heavy (non-hydrogen) atoms. The number of hydrogen-bond acceptors (Lipinski definition) is 5. The highest BCUT2D eigenvalue weighted by Crippen LogP contribution is 2.23. The fraction of sp³-hybridized carbons (Fsp3) is 0.400. The molecule has 1 rings (SSSR count). The van der Waals surface area contributed by atoms with Crippen LogP contribution in [-0.2, 0) is 0 Å². The molecule has 0 aliphatic rings. The number of hydrogen-bond donors (Lipinski definition) is 0. The molecule has 0 bridgehead atoms. The summed E-state index contributed by atoms with van der Waals surface area (Å²) in [5, 5.41) is 10.1. The van der Waals surface area contributed by atoms with Crippen molar-refractivity contribution in [2.45, 2.75) is 6.92 Å². The van der Waals surface area contributed by atoms with E-state index in [-0.39, 0.29) is 5.00 Å². The van der Waals surface area contributed by atoms with Crippen molar-refractivity contribution < 1.29 is 9.66 Å². The van der Waals surface area contributed by atoms with Crippen molar-refractivity contribution in [2.75, 3.05) is 6.61 Å². The van der Waals surface area contributed by atoms with Crippen LogP contribution in [0.25, 0.3) is 0 Å². The van der Waals surface area contributed by atoms with E-state index in [0.29, 0.717) is 12.5 Å². The molecule has 0 spiro atoms. The first-order valence-corrected chi connectivity index (χ1v) is 3.75. The van der Waals surface area contributed by atoms with Crippen molar-refractivity contribution in [3.63, 3.8) is 0 Å². The summed E-state index contributed by atoms with van der Waals surface area (Å²) in [6.07, 6.45) is 0. The monoisotopic (exact) mass is 174 g/mol. The maximum absolute atomic E-state index is 10.1. The third-order valence-corrected chi connectivity index (χ3v) is 1.67. The molecule has 0 unspecified atom stereocenters. The molecule has 0 radical (unpaired) electrons. The van der Waals surface area contributed by atoms with Gasteiger partial charge in [0.1, 0.15) is 0 Å². The summed E-state index contributed by atoms with van der Waals surface area (Å²) in [5.41, 5.74) is 0. The van der Waals surface area contributed by atoms with Crippen molar-refractivity contribution in [2.24, 2.45) is 0 Å². The van der Waals surface area contributed by atoms with Crippen LogP contribution in [0, 0.1) is 10.1 Å². The van der Waals surface area contributed by atoms with Crippen LogP contribution in [-0.4, -0.2) is 15.9 Å². The van der Waals surface area contributed by atoms with Crippen LogP contribution in [0.3, 0.4) is 0 Å². The zero-order valence-electron chi connectivity index (χ0n) is 5.81. The Bertz CT molecular complexity index is 260. The summed E-state index contributed by atoms with van der Waals surface area (Å²) in [6, 6.07) is 1.31. The van der Waals surface area contributed by atoms with Crippen molar-refractivity contribution in [3.8, 4) is 5.88 Å². The standard InChI is InChI=1S/C5H6N2O3S/c1-2-10-4-3-5(7(8)9)11-6-4/h3H,2H2,1H3. The van der Waals surface area contributed by atoms with Crippen molar-refractivity contribution in [1.82, 2.24) is 4.37 Å². The molecule has 0 aliphatic carbocycles. The third-order valence-electron chi connectivity index (χ3n) is 0.948. The summed E-state index contributed by atoms with van der Waals surface area (Å²) in [6.45, 7) is 2.27. The SMILES string of the molecule is CCOc1cc([N+](=O)[O-])sn1. The highest BCUT2D eigenvalue weighted by atomic mass is 32.1. The predicted octanol–water partition coefficient (Wildman–Crippen LogP) is 1.45. The Morgan fingerprint density at radius 2 is 2.64 bits per heavy atom. The second-order valence-electron chi connectivity index (χ2n) is 1.69. The van der Waals surface area contributed by atoms with E-state index in [1.54, 1.807) is 6.92 Å². The van der Waals surface area contributed by atoms with Gasteiger partial charge in [-0.1, -0.05) is 0 Å². The number of nitro groups is 1. The molecule has 0 aromatic carbocycles. The lowest BCUT2D eigenvalue weighted by atomic mass is 10.6. The number of ether oxygens (including phenoxy) is 1.